The highest BCUT2D eigenvalue weighted by Crippen LogP contribution is 2.19. The second-order valence-corrected chi connectivity index (χ2v) is 4.04. The van der Waals surface area contributed by atoms with Crippen LogP contribution in [0.1, 0.15) is 30.1 Å². The molecule has 2 heterocycles. The van der Waals surface area contributed by atoms with E-state index in [0.717, 1.165) is 0 Å². The van der Waals surface area contributed by atoms with Crippen molar-refractivity contribution in [1.29, 1.82) is 0 Å². The maximum absolute atomic E-state index is 12.0. The molecule has 82 valence electrons. The number of aliphatic hydroxyl groups is 1. The van der Waals surface area contributed by atoms with E-state index in [2.05, 4.69) is 0 Å². The van der Waals surface area contributed by atoms with E-state index >= 15 is 0 Å². The number of likely N-dealkylation sites (tertiary alicyclic amines) is 1. The van der Waals surface area contributed by atoms with Crippen molar-refractivity contribution in [3.8, 4) is 0 Å². The molecule has 0 bridgehead atoms. The number of hydrogen-bond acceptors (Lipinski definition) is 3. The maximum Gasteiger partial charge on any atom is 0.257 e. The highest BCUT2D eigenvalue weighted by Gasteiger charge is 2.28. The summed E-state index contributed by atoms with van der Waals surface area (Å²) in [5.74, 6) is -0.0110. The topological polar surface area (TPSA) is 53.7 Å². The first kappa shape index (κ1) is 10.2. The Balaban J connectivity index is 2.08. The van der Waals surface area contributed by atoms with Crippen LogP contribution in [0.2, 0.25) is 0 Å². The number of nitrogens with zero attached hydrogens (tertiary/aromatic N) is 1. The summed E-state index contributed by atoms with van der Waals surface area (Å²) in [6.07, 6.45) is 4.00. The van der Waals surface area contributed by atoms with Gasteiger partial charge in [-0.3, -0.25) is 4.79 Å². The van der Waals surface area contributed by atoms with E-state index in [0.29, 0.717) is 24.9 Å². The minimum absolute atomic E-state index is 0.0110. The summed E-state index contributed by atoms with van der Waals surface area (Å²) < 4.78 is 4.89. The summed E-state index contributed by atoms with van der Waals surface area (Å²) in [5, 5.41) is 9.45. The van der Waals surface area contributed by atoms with E-state index in [1.807, 2.05) is 6.92 Å². The average Bonchev–Trinajstić information content (AvgIpc) is 2.69. The molecule has 1 fully saturated rings. The highest BCUT2D eigenvalue weighted by atomic mass is 16.3. The standard InChI is InChI=1S/C11H15NO3/c1-8-6-10(13)2-4-12(8)11(14)9-3-5-15-7-9/h3,5,7-8,10,13H,2,4,6H2,1H3/t8-,10-/m0/s1. The lowest BCUT2D eigenvalue weighted by Crippen LogP contribution is -2.45. The fraction of sp³-hybridized carbons (Fsp3) is 0.545. The summed E-state index contributed by atoms with van der Waals surface area (Å²) >= 11 is 0. The van der Waals surface area contributed by atoms with Gasteiger partial charge in [0.2, 0.25) is 0 Å². The third-order valence-corrected chi connectivity index (χ3v) is 2.88. The van der Waals surface area contributed by atoms with Crippen LogP contribution in [-0.4, -0.2) is 34.6 Å². The molecule has 0 unspecified atom stereocenters. The van der Waals surface area contributed by atoms with Gasteiger partial charge in [0.15, 0.2) is 0 Å². The summed E-state index contributed by atoms with van der Waals surface area (Å²) in [6, 6.07) is 1.76. The predicted molar refractivity (Wildman–Crippen MR) is 54.4 cm³/mol. The van der Waals surface area contributed by atoms with Crippen molar-refractivity contribution >= 4 is 5.91 Å². The normalized spacial score (nSPS) is 26.7. The number of carbonyl (C=O) groups is 1. The minimum atomic E-state index is -0.270. The number of piperidine rings is 1. The van der Waals surface area contributed by atoms with Crippen molar-refractivity contribution in [3.63, 3.8) is 0 Å². The lowest BCUT2D eigenvalue weighted by Gasteiger charge is -2.35. The number of amides is 1. The minimum Gasteiger partial charge on any atom is -0.472 e. The Morgan fingerprint density at radius 1 is 1.67 bits per heavy atom. The summed E-state index contributed by atoms with van der Waals surface area (Å²) in [4.78, 5) is 13.8. The molecule has 2 rings (SSSR count). The van der Waals surface area contributed by atoms with Gasteiger partial charge in [-0.1, -0.05) is 0 Å². The largest absolute Gasteiger partial charge is 0.472 e. The Bertz CT molecular complexity index is 334. The lowest BCUT2D eigenvalue weighted by molar-refractivity contribution is 0.0364. The summed E-state index contributed by atoms with van der Waals surface area (Å²) in [6.45, 7) is 2.58. The van der Waals surface area contributed by atoms with Crippen LogP contribution < -0.4 is 0 Å². The summed E-state index contributed by atoms with van der Waals surface area (Å²) in [7, 11) is 0. The van der Waals surface area contributed by atoms with E-state index < -0.39 is 0 Å². The molecule has 1 saturated heterocycles. The molecule has 0 aromatic carbocycles. The highest BCUT2D eigenvalue weighted by molar-refractivity contribution is 5.94. The third kappa shape index (κ3) is 2.04. The smallest absolute Gasteiger partial charge is 0.257 e. The molecule has 0 radical (unpaired) electrons. The quantitative estimate of drug-likeness (QED) is 0.757. The van der Waals surface area contributed by atoms with Gasteiger partial charge in [-0.2, -0.15) is 0 Å². The van der Waals surface area contributed by atoms with Crippen molar-refractivity contribution in [2.45, 2.75) is 31.9 Å². The van der Waals surface area contributed by atoms with E-state index in [4.69, 9.17) is 4.42 Å². The molecule has 0 spiro atoms. The monoisotopic (exact) mass is 209 g/mol. The second kappa shape index (κ2) is 4.06. The molecule has 1 aliphatic rings. The number of aliphatic hydroxyl groups excluding tert-OH is 1. The Labute approximate surface area is 88.5 Å². The van der Waals surface area contributed by atoms with Crippen molar-refractivity contribution in [3.05, 3.63) is 24.2 Å². The third-order valence-electron chi connectivity index (χ3n) is 2.88. The number of hydrogen-bond donors (Lipinski definition) is 1. The molecular weight excluding hydrogens is 194 g/mol. The van der Waals surface area contributed by atoms with Gasteiger partial charge >= 0.3 is 0 Å². The molecule has 1 aliphatic heterocycles. The first-order chi connectivity index (χ1) is 7.18. The van der Waals surface area contributed by atoms with Gasteiger partial charge in [-0.25, -0.2) is 0 Å². The second-order valence-electron chi connectivity index (χ2n) is 4.04. The maximum atomic E-state index is 12.0. The zero-order valence-corrected chi connectivity index (χ0v) is 8.72. The van der Waals surface area contributed by atoms with Crippen LogP contribution in [0.4, 0.5) is 0 Å². The lowest BCUT2D eigenvalue weighted by atomic mass is 10.0. The van der Waals surface area contributed by atoms with Gasteiger partial charge in [-0.15, -0.1) is 0 Å². The molecule has 1 N–H and O–H groups in total. The number of rotatable bonds is 1. The van der Waals surface area contributed by atoms with Crippen molar-refractivity contribution in [2.24, 2.45) is 0 Å². The zero-order valence-electron chi connectivity index (χ0n) is 8.72. The molecule has 15 heavy (non-hydrogen) atoms. The van der Waals surface area contributed by atoms with Gasteiger partial charge in [0.05, 0.1) is 17.9 Å². The Kier molecular flexibility index (Phi) is 2.77. The van der Waals surface area contributed by atoms with Crippen LogP contribution in [0.15, 0.2) is 23.0 Å². The van der Waals surface area contributed by atoms with E-state index in [1.165, 1.54) is 12.5 Å². The first-order valence-electron chi connectivity index (χ1n) is 5.19. The Morgan fingerprint density at radius 2 is 2.47 bits per heavy atom. The molecule has 1 aromatic rings. The average molecular weight is 209 g/mol. The molecule has 4 nitrogen and oxygen atoms in total. The number of furan rings is 1. The van der Waals surface area contributed by atoms with E-state index in [9.17, 15) is 9.90 Å². The van der Waals surface area contributed by atoms with Crippen molar-refractivity contribution in [2.75, 3.05) is 6.54 Å². The van der Waals surface area contributed by atoms with E-state index in [1.54, 1.807) is 11.0 Å². The van der Waals surface area contributed by atoms with Crippen LogP contribution in [0, 0.1) is 0 Å². The predicted octanol–water partition coefficient (Wildman–Crippen LogP) is 1.27. The van der Waals surface area contributed by atoms with Crippen LogP contribution in [0.3, 0.4) is 0 Å². The first-order valence-corrected chi connectivity index (χ1v) is 5.19. The Hall–Kier alpha value is -1.29. The van der Waals surface area contributed by atoms with Crippen LogP contribution in [0.25, 0.3) is 0 Å². The van der Waals surface area contributed by atoms with Gasteiger partial charge in [0.25, 0.3) is 5.91 Å². The van der Waals surface area contributed by atoms with Crippen LogP contribution >= 0.6 is 0 Å². The van der Waals surface area contributed by atoms with E-state index in [-0.39, 0.29) is 18.1 Å². The number of carbonyl (C=O) groups excluding carboxylic acids is 1. The fourth-order valence-electron chi connectivity index (χ4n) is 2.00. The molecule has 2 atom stereocenters. The molecule has 1 amide bonds. The van der Waals surface area contributed by atoms with Gasteiger partial charge < -0.3 is 14.4 Å². The van der Waals surface area contributed by atoms with Gasteiger partial charge in [-0.05, 0) is 25.8 Å². The van der Waals surface area contributed by atoms with Crippen LogP contribution in [0.5, 0.6) is 0 Å². The Morgan fingerprint density at radius 3 is 3.07 bits per heavy atom. The molecular formula is C11H15NO3. The van der Waals surface area contributed by atoms with Crippen LogP contribution in [-0.2, 0) is 0 Å². The molecule has 1 aromatic heterocycles. The van der Waals surface area contributed by atoms with Gasteiger partial charge in [0.1, 0.15) is 6.26 Å². The van der Waals surface area contributed by atoms with Crippen molar-refractivity contribution in [1.82, 2.24) is 4.90 Å². The van der Waals surface area contributed by atoms with Crippen molar-refractivity contribution < 1.29 is 14.3 Å². The molecule has 0 aliphatic carbocycles. The SMILES string of the molecule is C[C@H]1C[C@@H](O)CCN1C(=O)c1ccoc1. The molecule has 0 saturated carbocycles. The summed E-state index contributed by atoms with van der Waals surface area (Å²) in [5.41, 5.74) is 0.582. The zero-order chi connectivity index (χ0) is 10.8. The molecule has 4 heteroatoms. The van der Waals surface area contributed by atoms with Gasteiger partial charge in [0, 0.05) is 12.6 Å². The fourth-order valence-corrected chi connectivity index (χ4v) is 2.00.